The van der Waals surface area contributed by atoms with E-state index in [9.17, 15) is 9.18 Å². The molecular weight excluding hydrogens is 337 g/mol. The fourth-order valence-corrected chi connectivity index (χ4v) is 2.18. The van der Waals surface area contributed by atoms with Crippen LogP contribution in [-0.4, -0.2) is 20.8 Å². The lowest BCUT2D eigenvalue weighted by atomic mass is 10.1. The van der Waals surface area contributed by atoms with Crippen molar-refractivity contribution in [2.24, 2.45) is 0 Å². The van der Waals surface area contributed by atoms with Crippen molar-refractivity contribution in [3.63, 3.8) is 0 Å². The van der Waals surface area contributed by atoms with Crippen molar-refractivity contribution in [3.8, 4) is 5.69 Å². The first-order valence-electron chi connectivity index (χ1n) is 6.12. The number of hydrogen-bond acceptors (Lipinski definition) is 3. The van der Waals surface area contributed by atoms with Crippen LogP contribution in [0.4, 0.5) is 4.39 Å². The molecule has 0 saturated carbocycles. The molecule has 0 radical (unpaired) electrons. The highest BCUT2D eigenvalue weighted by molar-refractivity contribution is 9.10. The monoisotopic (exact) mass is 345 g/mol. The Labute approximate surface area is 128 Å². The minimum absolute atomic E-state index is 0.246. The Hall–Kier alpha value is -2.34. The molecule has 0 aliphatic rings. The largest absolute Gasteiger partial charge is 0.287 e. The minimum atomic E-state index is -0.486. The van der Waals surface area contributed by atoms with Crippen LogP contribution in [0, 0.1) is 5.82 Å². The molecule has 2 aromatic carbocycles. The molecule has 0 saturated heterocycles. The lowest BCUT2D eigenvalue weighted by Crippen LogP contribution is -2.10. The SMILES string of the molecule is O=C(c1ccc(Br)c(F)c1)c1cnnn1-c1ccccc1. The molecule has 4 nitrogen and oxygen atoms in total. The molecule has 1 heterocycles. The fraction of sp³-hybridized carbons (Fsp3) is 0. The van der Waals surface area contributed by atoms with Crippen LogP contribution in [0.15, 0.2) is 59.2 Å². The summed E-state index contributed by atoms with van der Waals surface area (Å²) in [5.74, 6) is -0.824. The van der Waals surface area contributed by atoms with Gasteiger partial charge >= 0.3 is 0 Å². The second-order valence-corrected chi connectivity index (χ2v) is 5.18. The summed E-state index contributed by atoms with van der Waals surface area (Å²) < 4.78 is 15.3. The smallest absolute Gasteiger partial charge is 0.213 e. The van der Waals surface area contributed by atoms with Gasteiger partial charge in [0, 0.05) is 5.56 Å². The van der Waals surface area contributed by atoms with Crippen LogP contribution in [0.1, 0.15) is 16.1 Å². The van der Waals surface area contributed by atoms with Crippen LogP contribution < -0.4 is 0 Å². The van der Waals surface area contributed by atoms with Gasteiger partial charge in [0.05, 0.1) is 16.4 Å². The maximum atomic E-state index is 13.6. The Morgan fingerprint density at radius 1 is 1.14 bits per heavy atom. The zero-order chi connectivity index (χ0) is 14.8. The van der Waals surface area contributed by atoms with Crippen molar-refractivity contribution < 1.29 is 9.18 Å². The minimum Gasteiger partial charge on any atom is -0.287 e. The summed E-state index contributed by atoms with van der Waals surface area (Å²) in [5, 5.41) is 7.69. The molecule has 104 valence electrons. The van der Waals surface area contributed by atoms with Crippen LogP contribution in [0.3, 0.4) is 0 Å². The Bertz CT molecular complexity index is 802. The Morgan fingerprint density at radius 3 is 2.62 bits per heavy atom. The van der Waals surface area contributed by atoms with Gasteiger partial charge in [-0.2, -0.15) is 0 Å². The van der Waals surface area contributed by atoms with Gasteiger partial charge in [0.2, 0.25) is 5.78 Å². The van der Waals surface area contributed by atoms with E-state index < -0.39 is 5.82 Å². The lowest BCUT2D eigenvalue weighted by Gasteiger charge is -2.05. The van der Waals surface area contributed by atoms with Crippen molar-refractivity contribution in [3.05, 3.63) is 76.3 Å². The van der Waals surface area contributed by atoms with Gasteiger partial charge in [-0.1, -0.05) is 23.4 Å². The zero-order valence-corrected chi connectivity index (χ0v) is 12.3. The maximum absolute atomic E-state index is 13.6. The van der Waals surface area contributed by atoms with Crippen molar-refractivity contribution in [1.29, 1.82) is 0 Å². The molecule has 0 unspecified atom stereocenters. The quantitative estimate of drug-likeness (QED) is 0.683. The van der Waals surface area contributed by atoms with E-state index in [1.165, 1.54) is 23.0 Å². The molecule has 6 heteroatoms. The number of para-hydroxylation sites is 1. The van der Waals surface area contributed by atoms with Crippen molar-refractivity contribution >= 4 is 21.7 Å². The molecular formula is C15H9BrFN3O. The molecule has 0 N–H and O–H groups in total. The molecule has 3 rings (SSSR count). The van der Waals surface area contributed by atoms with Gasteiger partial charge in [0.15, 0.2) is 0 Å². The van der Waals surface area contributed by atoms with Gasteiger partial charge in [-0.05, 0) is 46.3 Å². The molecule has 3 aromatic rings. The first-order valence-corrected chi connectivity index (χ1v) is 6.92. The molecule has 0 bridgehead atoms. The van der Waals surface area contributed by atoms with Crippen LogP contribution in [0.25, 0.3) is 5.69 Å². The van der Waals surface area contributed by atoms with Gasteiger partial charge in [0.25, 0.3) is 0 Å². The zero-order valence-electron chi connectivity index (χ0n) is 10.7. The molecule has 21 heavy (non-hydrogen) atoms. The fourth-order valence-electron chi connectivity index (χ4n) is 1.94. The topological polar surface area (TPSA) is 47.8 Å². The normalized spacial score (nSPS) is 10.6. The average Bonchev–Trinajstić information content (AvgIpc) is 2.99. The molecule has 0 amide bonds. The standard InChI is InChI=1S/C15H9BrFN3O/c16-12-7-6-10(8-13(12)17)15(21)14-9-18-19-20(14)11-4-2-1-3-5-11/h1-9H. The van der Waals surface area contributed by atoms with Crippen LogP contribution >= 0.6 is 15.9 Å². The van der Waals surface area contributed by atoms with Gasteiger partial charge in [-0.25, -0.2) is 9.07 Å². The Kier molecular flexibility index (Phi) is 3.62. The summed E-state index contributed by atoms with van der Waals surface area (Å²) in [7, 11) is 0. The summed E-state index contributed by atoms with van der Waals surface area (Å²) in [6.07, 6.45) is 1.37. The van der Waals surface area contributed by atoms with Crippen LogP contribution in [0.2, 0.25) is 0 Å². The summed E-state index contributed by atoms with van der Waals surface area (Å²) >= 11 is 3.06. The number of carbonyl (C=O) groups is 1. The highest BCUT2D eigenvalue weighted by Gasteiger charge is 2.17. The first kappa shape index (κ1) is 13.6. The number of aromatic nitrogens is 3. The third-order valence-corrected chi connectivity index (χ3v) is 3.61. The van der Waals surface area contributed by atoms with Crippen molar-refractivity contribution in [2.45, 2.75) is 0 Å². The lowest BCUT2D eigenvalue weighted by molar-refractivity contribution is 0.103. The number of ketones is 1. The van der Waals surface area contributed by atoms with E-state index in [4.69, 9.17) is 0 Å². The maximum Gasteiger partial charge on any atom is 0.213 e. The summed E-state index contributed by atoms with van der Waals surface area (Å²) in [6.45, 7) is 0. The van der Waals surface area contributed by atoms with Gasteiger partial charge < -0.3 is 0 Å². The second-order valence-electron chi connectivity index (χ2n) is 4.32. The van der Waals surface area contributed by atoms with Gasteiger partial charge in [-0.15, -0.1) is 5.10 Å². The van der Waals surface area contributed by atoms with Crippen LogP contribution in [0.5, 0.6) is 0 Å². The molecule has 0 aliphatic carbocycles. The van der Waals surface area contributed by atoms with Gasteiger partial charge in [0.1, 0.15) is 11.5 Å². The highest BCUT2D eigenvalue weighted by Crippen LogP contribution is 2.19. The van der Waals surface area contributed by atoms with E-state index in [2.05, 4.69) is 26.2 Å². The summed E-state index contributed by atoms with van der Waals surface area (Å²) in [5.41, 5.74) is 1.24. The Morgan fingerprint density at radius 2 is 1.90 bits per heavy atom. The predicted octanol–water partition coefficient (Wildman–Crippen LogP) is 3.40. The van der Waals surface area contributed by atoms with Crippen LogP contribution in [-0.2, 0) is 0 Å². The van der Waals surface area contributed by atoms with Crippen molar-refractivity contribution in [2.75, 3.05) is 0 Å². The average molecular weight is 346 g/mol. The van der Waals surface area contributed by atoms with E-state index in [0.29, 0.717) is 4.47 Å². The molecule has 0 aliphatic heterocycles. The first-order chi connectivity index (χ1) is 10.2. The summed E-state index contributed by atoms with van der Waals surface area (Å²) in [4.78, 5) is 12.5. The number of nitrogens with zero attached hydrogens (tertiary/aromatic N) is 3. The third-order valence-electron chi connectivity index (χ3n) is 2.96. The van der Waals surface area contributed by atoms with Gasteiger partial charge in [-0.3, -0.25) is 4.79 Å². The summed E-state index contributed by atoms with van der Waals surface area (Å²) in [6, 6.07) is 13.4. The van der Waals surface area contributed by atoms with Crippen molar-refractivity contribution in [1.82, 2.24) is 15.0 Å². The molecule has 1 aromatic heterocycles. The van der Waals surface area contributed by atoms with E-state index in [1.807, 2.05) is 30.3 Å². The predicted molar refractivity (Wildman–Crippen MR) is 78.9 cm³/mol. The molecule has 0 spiro atoms. The van der Waals surface area contributed by atoms with E-state index in [0.717, 1.165) is 5.69 Å². The third kappa shape index (κ3) is 2.62. The number of halogens is 2. The number of carbonyl (C=O) groups excluding carboxylic acids is 1. The highest BCUT2D eigenvalue weighted by atomic mass is 79.9. The molecule has 0 atom stereocenters. The van der Waals surface area contributed by atoms with E-state index in [1.54, 1.807) is 6.07 Å². The molecule has 0 fully saturated rings. The van der Waals surface area contributed by atoms with E-state index >= 15 is 0 Å². The second kappa shape index (κ2) is 5.57. The number of benzene rings is 2. The Balaban J connectivity index is 2.03. The van der Waals surface area contributed by atoms with E-state index in [-0.39, 0.29) is 17.0 Å². The number of hydrogen-bond donors (Lipinski definition) is 0. The number of rotatable bonds is 3.